The van der Waals surface area contributed by atoms with Crippen molar-refractivity contribution in [3.05, 3.63) is 82.6 Å². The zero-order chi connectivity index (χ0) is 20.1. The first-order valence-corrected chi connectivity index (χ1v) is 10.6. The Kier molecular flexibility index (Phi) is 5.86. The quantitative estimate of drug-likeness (QED) is 0.454. The van der Waals surface area contributed by atoms with Crippen LogP contribution in [-0.4, -0.2) is 24.0 Å². The summed E-state index contributed by atoms with van der Waals surface area (Å²) in [6, 6.07) is 21.5. The van der Waals surface area contributed by atoms with Gasteiger partial charge in [-0.05, 0) is 61.2 Å². The summed E-state index contributed by atoms with van der Waals surface area (Å²) in [5.74, 6) is 0.746. The number of nitrogens with one attached hydrogen (secondary N) is 1. The van der Waals surface area contributed by atoms with E-state index in [1.165, 1.54) is 4.88 Å². The normalized spacial score (nSPS) is 10.8. The SMILES string of the molecule is CCOc1ccc(-c2cc(C(=O)NCCc3cccs3)c3ccccc3n2)cc1. The van der Waals surface area contributed by atoms with E-state index in [1.807, 2.05) is 67.6 Å². The van der Waals surface area contributed by atoms with Crippen LogP contribution in [-0.2, 0) is 6.42 Å². The van der Waals surface area contributed by atoms with Gasteiger partial charge in [-0.1, -0.05) is 24.3 Å². The second kappa shape index (κ2) is 8.88. The molecule has 0 bridgehead atoms. The fourth-order valence-electron chi connectivity index (χ4n) is 3.25. The highest BCUT2D eigenvalue weighted by Crippen LogP contribution is 2.26. The summed E-state index contributed by atoms with van der Waals surface area (Å²) in [4.78, 5) is 19.0. The molecule has 146 valence electrons. The number of carbonyl (C=O) groups is 1. The zero-order valence-corrected chi connectivity index (χ0v) is 17.0. The number of aromatic nitrogens is 1. The Bertz CT molecular complexity index is 1110. The Morgan fingerprint density at radius 2 is 1.90 bits per heavy atom. The molecule has 0 radical (unpaired) electrons. The van der Waals surface area contributed by atoms with E-state index >= 15 is 0 Å². The summed E-state index contributed by atoms with van der Waals surface area (Å²) in [5, 5.41) is 5.96. The van der Waals surface area contributed by atoms with Gasteiger partial charge in [0.25, 0.3) is 5.91 Å². The Hall–Kier alpha value is -3.18. The number of fused-ring (bicyclic) bond motifs is 1. The van der Waals surface area contributed by atoms with Crippen molar-refractivity contribution >= 4 is 28.1 Å². The molecule has 4 aromatic rings. The van der Waals surface area contributed by atoms with Crippen molar-refractivity contribution in [2.75, 3.05) is 13.2 Å². The molecule has 5 heteroatoms. The predicted octanol–water partition coefficient (Wildman–Crippen LogP) is 5.33. The maximum absolute atomic E-state index is 13.0. The number of ether oxygens (including phenoxy) is 1. The van der Waals surface area contributed by atoms with Crippen molar-refractivity contribution in [3.63, 3.8) is 0 Å². The minimum absolute atomic E-state index is 0.0765. The summed E-state index contributed by atoms with van der Waals surface area (Å²) in [7, 11) is 0. The molecule has 2 heterocycles. The Balaban J connectivity index is 1.62. The third-order valence-corrected chi connectivity index (χ3v) is 5.60. The van der Waals surface area contributed by atoms with Crippen LogP contribution < -0.4 is 10.1 Å². The molecule has 1 N–H and O–H groups in total. The van der Waals surface area contributed by atoms with Crippen molar-refractivity contribution < 1.29 is 9.53 Å². The summed E-state index contributed by atoms with van der Waals surface area (Å²) in [5.41, 5.74) is 3.18. The van der Waals surface area contributed by atoms with E-state index in [1.54, 1.807) is 11.3 Å². The molecule has 0 aliphatic carbocycles. The molecular weight excluding hydrogens is 380 g/mol. The summed E-state index contributed by atoms with van der Waals surface area (Å²) in [6.45, 7) is 3.19. The average molecular weight is 403 g/mol. The van der Waals surface area contributed by atoms with Crippen LogP contribution in [0.15, 0.2) is 72.1 Å². The topological polar surface area (TPSA) is 51.2 Å². The predicted molar refractivity (Wildman–Crippen MR) is 119 cm³/mol. The van der Waals surface area contributed by atoms with Gasteiger partial charge in [-0.2, -0.15) is 0 Å². The molecular formula is C24H22N2O2S. The van der Waals surface area contributed by atoms with E-state index in [4.69, 9.17) is 9.72 Å². The fraction of sp³-hybridized carbons (Fsp3) is 0.167. The molecule has 0 spiro atoms. The lowest BCUT2D eigenvalue weighted by atomic mass is 10.0. The first-order valence-electron chi connectivity index (χ1n) is 9.68. The molecule has 0 unspecified atom stereocenters. The van der Waals surface area contributed by atoms with Gasteiger partial charge in [0.2, 0.25) is 0 Å². The minimum atomic E-state index is -0.0765. The molecule has 4 rings (SSSR count). The molecule has 1 amide bonds. The molecule has 4 nitrogen and oxygen atoms in total. The lowest BCUT2D eigenvalue weighted by molar-refractivity contribution is 0.0956. The van der Waals surface area contributed by atoms with Crippen molar-refractivity contribution in [2.24, 2.45) is 0 Å². The third kappa shape index (κ3) is 4.46. The number of pyridine rings is 1. The number of para-hydroxylation sites is 1. The molecule has 29 heavy (non-hydrogen) atoms. The van der Waals surface area contributed by atoms with Crippen LogP contribution in [0, 0.1) is 0 Å². The van der Waals surface area contributed by atoms with Crippen LogP contribution in [0.3, 0.4) is 0 Å². The number of rotatable bonds is 7. The van der Waals surface area contributed by atoms with E-state index in [2.05, 4.69) is 16.8 Å². The van der Waals surface area contributed by atoms with Crippen LogP contribution >= 0.6 is 11.3 Å². The molecule has 0 saturated heterocycles. The molecule has 0 saturated carbocycles. The van der Waals surface area contributed by atoms with Gasteiger partial charge in [-0.25, -0.2) is 4.98 Å². The zero-order valence-electron chi connectivity index (χ0n) is 16.2. The summed E-state index contributed by atoms with van der Waals surface area (Å²) in [6.07, 6.45) is 0.832. The van der Waals surface area contributed by atoms with E-state index in [9.17, 15) is 4.79 Å². The van der Waals surface area contributed by atoms with Crippen molar-refractivity contribution in [1.82, 2.24) is 10.3 Å². The van der Waals surface area contributed by atoms with Gasteiger partial charge in [0.15, 0.2) is 0 Å². The second-order valence-corrected chi connectivity index (χ2v) is 7.65. The maximum atomic E-state index is 13.0. The molecule has 2 aromatic carbocycles. The van der Waals surface area contributed by atoms with Gasteiger partial charge >= 0.3 is 0 Å². The lowest BCUT2D eigenvalue weighted by Crippen LogP contribution is -2.25. The van der Waals surface area contributed by atoms with Gasteiger partial charge in [0.1, 0.15) is 5.75 Å². The fourth-order valence-corrected chi connectivity index (χ4v) is 3.96. The van der Waals surface area contributed by atoms with Gasteiger partial charge in [0.05, 0.1) is 23.4 Å². The Morgan fingerprint density at radius 3 is 2.66 bits per heavy atom. The minimum Gasteiger partial charge on any atom is -0.494 e. The molecule has 2 aromatic heterocycles. The third-order valence-electron chi connectivity index (χ3n) is 4.66. The van der Waals surface area contributed by atoms with Gasteiger partial charge < -0.3 is 10.1 Å². The number of hydrogen-bond acceptors (Lipinski definition) is 4. The van der Waals surface area contributed by atoms with Gasteiger partial charge in [0, 0.05) is 22.4 Å². The number of benzene rings is 2. The van der Waals surface area contributed by atoms with Gasteiger partial charge in [-0.15, -0.1) is 11.3 Å². The number of nitrogens with zero attached hydrogens (tertiary/aromatic N) is 1. The van der Waals surface area contributed by atoms with Crippen molar-refractivity contribution in [3.8, 4) is 17.0 Å². The molecule has 0 aliphatic rings. The first kappa shape index (κ1) is 19.2. The standard InChI is InChI=1S/C24H22N2O2S/c1-2-28-18-11-9-17(10-12-18)23-16-21(20-7-3-4-8-22(20)26-23)24(27)25-14-13-19-6-5-15-29-19/h3-12,15-16H,2,13-14H2,1H3,(H,25,27). The highest BCUT2D eigenvalue weighted by molar-refractivity contribution is 7.09. The summed E-state index contributed by atoms with van der Waals surface area (Å²) < 4.78 is 5.52. The smallest absolute Gasteiger partial charge is 0.252 e. The molecule has 0 fully saturated rings. The Morgan fingerprint density at radius 1 is 1.07 bits per heavy atom. The van der Waals surface area contributed by atoms with Crippen LogP contribution in [0.25, 0.3) is 22.2 Å². The van der Waals surface area contributed by atoms with Crippen molar-refractivity contribution in [2.45, 2.75) is 13.3 Å². The number of hydrogen-bond donors (Lipinski definition) is 1. The van der Waals surface area contributed by atoms with E-state index < -0.39 is 0 Å². The second-order valence-electron chi connectivity index (χ2n) is 6.61. The summed E-state index contributed by atoms with van der Waals surface area (Å²) >= 11 is 1.71. The monoisotopic (exact) mass is 402 g/mol. The lowest BCUT2D eigenvalue weighted by Gasteiger charge is -2.11. The van der Waals surface area contributed by atoms with Crippen molar-refractivity contribution in [1.29, 1.82) is 0 Å². The maximum Gasteiger partial charge on any atom is 0.252 e. The number of carbonyl (C=O) groups excluding carboxylic acids is 1. The van der Waals surface area contributed by atoms with Crippen LogP contribution in [0.5, 0.6) is 5.75 Å². The Labute approximate surface area is 174 Å². The van der Waals surface area contributed by atoms with Gasteiger partial charge in [-0.3, -0.25) is 4.79 Å². The highest BCUT2D eigenvalue weighted by atomic mass is 32.1. The average Bonchev–Trinajstić information content (AvgIpc) is 3.27. The van der Waals surface area contributed by atoms with E-state index in [0.29, 0.717) is 18.7 Å². The molecule has 0 aliphatic heterocycles. The van der Waals surface area contributed by atoms with E-state index in [-0.39, 0.29) is 5.91 Å². The number of amides is 1. The van der Waals surface area contributed by atoms with Crippen LogP contribution in [0.4, 0.5) is 0 Å². The largest absolute Gasteiger partial charge is 0.494 e. The van der Waals surface area contributed by atoms with E-state index in [0.717, 1.165) is 34.3 Å². The van der Waals surface area contributed by atoms with Crippen LogP contribution in [0.1, 0.15) is 22.2 Å². The molecule has 0 atom stereocenters. The van der Waals surface area contributed by atoms with Crippen LogP contribution in [0.2, 0.25) is 0 Å². The number of thiophene rings is 1. The highest BCUT2D eigenvalue weighted by Gasteiger charge is 2.14. The first-order chi connectivity index (χ1) is 14.2.